The van der Waals surface area contributed by atoms with Crippen LogP contribution >= 0.6 is 39.3 Å². The van der Waals surface area contributed by atoms with Gasteiger partial charge in [0.15, 0.2) is 5.78 Å². The second-order valence-electron chi connectivity index (χ2n) is 4.06. The summed E-state index contributed by atoms with van der Waals surface area (Å²) in [6, 6.07) is 15.0. The van der Waals surface area contributed by atoms with E-state index in [4.69, 9.17) is 11.6 Å². The number of ketones is 1. The van der Waals surface area contributed by atoms with Gasteiger partial charge in [-0.15, -0.1) is 11.8 Å². The van der Waals surface area contributed by atoms with Crippen LogP contribution in [0.4, 0.5) is 0 Å². The Kier molecular flexibility index (Phi) is 5.08. The lowest BCUT2D eigenvalue weighted by molar-refractivity contribution is 0.0994. The van der Waals surface area contributed by atoms with E-state index in [1.165, 1.54) is 11.8 Å². The molecule has 2 aromatic carbocycles. The highest BCUT2D eigenvalue weighted by Gasteiger charge is 2.17. The number of hydrogen-bond donors (Lipinski definition) is 0. The van der Waals surface area contributed by atoms with Crippen molar-refractivity contribution in [2.75, 3.05) is 0 Å². The molecule has 2 aromatic rings. The smallest absolute Gasteiger partial charge is 0.175 e. The Labute approximate surface area is 130 Å². The molecular formula is C15H12BrClOS. The molecule has 19 heavy (non-hydrogen) atoms. The quantitative estimate of drug-likeness (QED) is 0.534. The predicted octanol–water partition coefficient (Wildman–Crippen LogP) is 5.47. The summed E-state index contributed by atoms with van der Waals surface area (Å²) >= 11 is 10.9. The van der Waals surface area contributed by atoms with Crippen LogP contribution in [0.1, 0.15) is 17.3 Å². The Bertz CT molecular complexity index is 583. The van der Waals surface area contributed by atoms with Gasteiger partial charge in [-0.2, -0.15) is 0 Å². The minimum atomic E-state index is -0.166. The van der Waals surface area contributed by atoms with Gasteiger partial charge < -0.3 is 0 Å². The lowest BCUT2D eigenvalue weighted by atomic mass is 10.1. The van der Waals surface area contributed by atoms with Gasteiger partial charge in [-0.1, -0.05) is 51.8 Å². The van der Waals surface area contributed by atoms with Crippen LogP contribution in [0.3, 0.4) is 0 Å². The van der Waals surface area contributed by atoms with Gasteiger partial charge in [0.05, 0.1) is 10.3 Å². The maximum Gasteiger partial charge on any atom is 0.175 e. The van der Waals surface area contributed by atoms with Crippen LogP contribution in [0, 0.1) is 0 Å². The van der Waals surface area contributed by atoms with Crippen LogP contribution < -0.4 is 0 Å². The second kappa shape index (κ2) is 6.60. The zero-order chi connectivity index (χ0) is 13.8. The summed E-state index contributed by atoms with van der Waals surface area (Å²) in [5, 5.41) is 0.518. The van der Waals surface area contributed by atoms with Crippen molar-refractivity contribution in [3.63, 3.8) is 0 Å². The highest BCUT2D eigenvalue weighted by Crippen LogP contribution is 2.31. The molecule has 1 atom stereocenters. The van der Waals surface area contributed by atoms with E-state index in [0.29, 0.717) is 5.02 Å². The lowest BCUT2D eigenvalue weighted by Crippen LogP contribution is -2.13. The molecule has 0 heterocycles. The van der Waals surface area contributed by atoms with Gasteiger partial charge in [-0.3, -0.25) is 4.79 Å². The minimum absolute atomic E-state index is 0.109. The summed E-state index contributed by atoms with van der Waals surface area (Å²) in [6.45, 7) is 1.90. The number of carbonyl (C=O) groups excluding carboxylic acids is 1. The monoisotopic (exact) mass is 354 g/mol. The molecule has 1 unspecified atom stereocenters. The van der Waals surface area contributed by atoms with Crippen molar-refractivity contribution in [3.05, 3.63) is 63.6 Å². The average Bonchev–Trinajstić information content (AvgIpc) is 2.41. The van der Waals surface area contributed by atoms with Crippen LogP contribution in [-0.2, 0) is 0 Å². The first-order chi connectivity index (χ1) is 9.08. The van der Waals surface area contributed by atoms with Crippen LogP contribution in [0.25, 0.3) is 0 Å². The molecule has 1 nitrogen and oxygen atoms in total. The van der Waals surface area contributed by atoms with Crippen molar-refractivity contribution in [2.24, 2.45) is 0 Å². The van der Waals surface area contributed by atoms with Crippen molar-refractivity contribution in [1.29, 1.82) is 0 Å². The largest absolute Gasteiger partial charge is 0.293 e. The van der Waals surface area contributed by atoms with Crippen molar-refractivity contribution in [3.8, 4) is 0 Å². The average molecular weight is 356 g/mol. The number of carbonyl (C=O) groups is 1. The van der Waals surface area contributed by atoms with Crippen molar-refractivity contribution < 1.29 is 4.79 Å². The molecule has 0 spiro atoms. The van der Waals surface area contributed by atoms with E-state index < -0.39 is 0 Å². The molecule has 0 aromatic heterocycles. The van der Waals surface area contributed by atoms with Crippen LogP contribution in [0.2, 0.25) is 5.02 Å². The molecular weight excluding hydrogens is 344 g/mol. The normalized spacial score (nSPS) is 12.2. The zero-order valence-corrected chi connectivity index (χ0v) is 13.4. The SMILES string of the molecule is CC(Sc1ccccc1Cl)C(=O)c1ccc(Br)cc1. The number of thioether (sulfide) groups is 1. The van der Waals surface area contributed by atoms with Crippen molar-refractivity contribution >= 4 is 45.1 Å². The Balaban J connectivity index is 2.12. The van der Waals surface area contributed by atoms with Crippen LogP contribution in [0.15, 0.2) is 57.9 Å². The van der Waals surface area contributed by atoms with E-state index in [9.17, 15) is 4.79 Å². The number of Topliss-reactive ketones (excluding diaryl/α,β-unsaturated/α-hetero) is 1. The van der Waals surface area contributed by atoms with E-state index in [1.807, 2.05) is 55.5 Å². The summed E-state index contributed by atoms with van der Waals surface area (Å²) in [5.74, 6) is 0.109. The summed E-state index contributed by atoms with van der Waals surface area (Å²) in [5.41, 5.74) is 0.718. The van der Waals surface area contributed by atoms with Crippen LogP contribution in [0.5, 0.6) is 0 Å². The highest BCUT2D eigenvalue weighted by atomic mass is 79.9. The molecule has 0 bridgehead atoms. The van der Waals surface area contributed by atoms with Gasteiger partial charge >= 0.3 is 0 Å². The molecule has 0 aliphatic carbocycles. The van der Waals surface area contributed by atoms with Gasteiger partial charge in [0.1, 0.15) is 0 Å². The number of rotatable bonds is 4. The summed E-state index contributed by atoms with van der Waals surface area (Å²) in [4.78, 5) is 13.2. The Morgan fingerprint density at radius 1 is 1.16 bits per heavy atom. The molecule has 2 rings (SSSR count). The lowest BCUT2D eigenvalue weighted by Gasteiger charge is -2.11. The molecule has 4 heteroatoms. The molecule has 98 valence electrons. The topological polar surface area (TPSA) is 17.1 Å². The molecule has 0 N–H and O–H groups in total. The molecule has 0 aliphatic rings. The Morgan fingerprint density at radius 2 is 1.79 bits per heavy atom. The van der Waals surface area contributed by atoms with E-state index >= 15 is 0 Å². The van der Waals surface area contributed by atoms with Gasteiger partial charge in [-0.25, -0.2) is 0 Å². The molecule has 0 amide bonds. The molecule has 0 aliphatic heterocycles. The van der Waals surface area contributed by atoms with Crippen LogP contribution in [-0.4, -0.2) is 11.0 Å². The molecule has 0 radical (unpaired) electrons. The van der Waals surface area contributed by atoms with E-state index in [2.05, 4.69) is 15.9 Å². The standard InChI is InChI=1S/C15H12BrClOS/c1-10(19-14-5-3-2-4-13(14)17)15(18)11-6-8-12(16)9-7-11/h2-10H,1H3. The Morgan fingerprint density at radius 3 is 2.42 bits per heavy atom. The predicted molar refractivity (Wildman–Crippen MR) is 85.2 cm³/mol. The number of benzene rings is 2. The highest BCUT2D eigenvalue weighted by molar-refractivity contribution is 9.10. The molecule has 0 saturated carbocycles. The fourth-order valence-electron chi connectivity index (χ4n) is 1.63. The zero-order valence-electron chi connectivity index (χ0n) is 10.3. The first-order valence-corrected chi connectivity index (χ1v) is 7.84. The Hall–Kier alpha value is -0.770. The summed E-state index contributed by atoms with van der Waals surface area (Å²) < 4.78 is 0.968. The first-order valence-electron chi connectivity index (χ1n) is 5.79. The fourth-order valence-corrected chi connectivity index (χ4v) is 3.13. The van der Waals surface area contributed by atoms with Gasteiger partial charge in [0, 0.05) is 14.9 Å². The first kappa shape index (κ1) is 14.6. The third kappa shape index (κ3) is 3.85. The maximum atomic E-state index is 12.3. The van der Waals surface area contributed by atoms with E-state index in [0.717, 1.165) is 14.9 Å². The van der Waals surface area contributed by atoms with E-state index in [-0.39, 0.29) is 11.0 Å². The summed E-state index contributed by atoms with van der Waals surface area (Å²) in [7, 11) is 0. The van der Waals surface area contributed by atoms with Gasteiger partial charge in [0.25, 0.3) is 0 Å². The number of halogens is 2. The van der Waals surface area contributed by atoms with Gasteiger partial charge in [-0.05, 0) is 31.2 Å². The minimum Gasteiger partial charge on any atom is -0.293 e. The third-order valence-corrected chi connectivity index (χ3v) is 4.79. The third-order valence-electron chi connectivity index (χ3n) is 2.64. The fraction of sp³-hybridized carbons (Fsp3) is 0.133. The summed E-state index contributed by atoms with van der Waals surface area (Å²) in [6.07, 6.45) is 0. The van der Waals surface area contributed by atoms with Gasteiger partial charge in [0.2, 0.25) is 0 Å². The maximum absolute atomic E-state index is 12.3. The van der Waals surface area contributed by atoms with E-state index in [1.54, 1.807) is 0 Å². The van der Waals surface area contributed by atoms with Crippen molar-refractivity contribution in [1.82, 2.24) is 0 Å². The number of hydrogen-bond acceptors (Lipinski definition) is 2. The molecule has 0 saturated heterocycles. The second-order valence-corrected chi connectivity index (χ2v) is 6.77. The van der Waals surface area contributed by atoms with Crippen molar-refractivity contribution in [2.45, 2.75) is 17.1 Å². The molecule has 0 fully saturated rings.